The summed E-state index contributed by atoms with van der Waals surface area (Å²) in [6.07, 6.45) is 7.07. The van der Waals surface area contributed by atoms with Gasteiger partial charge in [-0.3, -0.25) is 9.59 Å². The van der Waals surface area contributed by atoms with Crippen LogP contribution in [0.3, 0.4) is 0 Å². The molecule has 3 aliphatic rings. The van der Waals surface area contributed by atoms with Gasteiger partial charge in [-0.15, -0.1) is 0 Å². The minimum absolute atomic E-state index is 0.137. The van der Waals surface area contributed by atoms with Crippen LogP contribution < -0.4 is 0 Å². The number of carbonyl (C=O) groups excluding carboxylic acids is 1. The van der Waals surface area contributed by atoms with Gasteiger partial charge in [0, 0.05) is 29.7 Å². The van der Waals surface area contributed by atoms with Crippen molar-refractivity contribution in [1.82, 2.24) is 5.16 Å². The molecule has 35 heavy (non-hydrogen) atoms. The number of rotatable bonds is 9. The largest absolute Gasteiger partial charge is 0.481 e. The molecule has 1 heterocycles. The zero-order valence-electron chi connectivity index (χ0n) is 21.5. The molecule has 0 aliphatic heterocycles. The monoisotopic (exact) mass is 477 g/mol. The second kappa shape index (κ2) is 9.55. The van der Waals surface area contributed by atoms with Crippen molar-refractivity contribution >= 4 is 11.8 Å². The molecule has 3 saturated carbocycles. The van der Waals surface area contributed by atoms with Gasteiger partial charge in [0.2, 0.25) is 0 Å². The number of carbonyl (C=O) groups is 2. The Morgan fingerprint density at radius 2 is 1.83 bits per heavy atom. The molecule has 0 radical (unpaired) electrons. The fourth-order valence-electron chi connectivity index (χ4n) is 6.74. The van der Waals surface area contributed by atoms with E-state index in [2.05, 4.69) is 32.0 Å². The molecule has 5 rings (SSSR count). The molecule has 0 saturated heterocycles. The molecule has 5 heteroatoms. The number of hydrogen-bond acceptors (Lipinski definition) is 4. The highest BCUT2D eigenvalue weighted by atomic mass is 16.5. The van der Waals surface area contributed by atoms with E-state index in [0.717, 1.165) is 54.2 Å². The Hall–Kier alpha value is -2.43. The molecule has 2 aromatic rings. The maximum atomic E-state index is 13.6. The fourth-order valence-corrected chi connectivity index (χ4v) is 6.74. The van der Waals surface area contributed by atoms with Gasteiger partial charge in [-0.1, -0.05) is 42.8 Å². The SMILES string of the molecule is Cc1ccc(CC(=O)[C@H]2C[C@@H](C(=O)O)C[C@@H]2c2noc(C3CC(CC(C)C)C3)c2C2CC2)c(C)c1. The highest BCUT2D eigenvalue weighted by molar-refractivity contribution is 5.86. The van der Waals surface area contributed by atoms with Crippen LogP contribution in [0.15, 0.2) is 22.7 Å². The summed E-state index contributed by atoms with van der Waals surface area (Å²) in [4.78, 5) is 25.6. The van der Waals surface area contributed by atoms with E-state index in [9.17, 15) is 14.7 Å². The van der Waals surface area contributed by atoms with Gasteiger partial charge in [0.1, 0.15) is 11.5 Å². The lowest BCUT2D eigenvalue weighted by Crippen LogP contribution is -2.24. The molecule has 1 aromatic carbocycles. The van der Waals surface area contributed by atoms with Crippen molar-refractivity contribution < 1.29 is 19.2 Å². The van der Waals surface area contributed by atoms with Crippen molar-refractivity contribution in [2.45, 2.75) is 96.8 Å². The Kier molecular flexibility index (Phi) is 6.63. The summed E-state index contributed by atoms with van der Waals surface area (Å²) in [5, 5.41) is 14.4. The lowest BCUT2D eigenvalue weighted by molar-refractivity contribution is -0.141. The number of aliphatic carboxylic acids is 1. The molecule has 0 unspecified atom stereocenters. The zero-order chi connectivity index (χ0) is 24.9. The lowest BCUT2D eigenvalue weighted by Gasteiger charge is -2.35. The van der Waals surface area contributed by atoms with Gasteiger partial charge >= 0.3 is 5.97 Å². The van der Waals surface area contributed by atoms with E-state index in [4.69, 9.17) is 4.52 Å². The predicted octanol–water partition coefficient (Wildman–Crippen LogP) is 6.71. The number of ketones is 1. The molecular weight excluding hydrogens is 438 g/mol. The van der Waals surface area contributed by atoms with Crippen molar-refractivity contribution in [3.8, 4) is 0 Å². The first-order chi connectivity index (χ1) is 16.7. The minimum Gasteiger partial charge on any atom is -0.481 e. The average Bonchev–Trinajstić information content (AvgIpc) is 3.35. The number of carboxylic acid groups (broad SMARTS) is 1. The van der Waals surface area contributed by atoms with Crippen LogP contribution in [-0.2, 0) is 16.0 Å². The van der Waals surface area contributed by atoms with Gasteiger partial charge in [0.05, 0.1) is 11.6 Å². The normalized spacial score (nSPS) is 28.3. The number of benzene rings is 1. The number of aromatic nitrogens is 1. The fraction of sp³-hybridized carbons (Fsp3) is 0.633. The number of nitrogens with zero attached hydrogens (tertiary/aromatic N) is 1. The molecular formula is C30H39NO4. The maximum absolute atomic E-state index is 13.6. The van der Waals surface area contributed by atoms with E-state index in [1.165, 1.54) is 17.5 Å². The van der Waals surface area contributed by atoms with Gasteiger partial charge in [-0.05, 0) is 87.7 Å². The summed E-state index contributed by atoms with van der Waals surface area (Å²) in [7, 11) is 0. The molecule has 0 spiro atoms. The zero-order valence-corrected chi connectivity index (χ0v) is 21.5. The lowest BCUT2D eigenvalue weighted by atomic mass is 9.69. The van der Waals surface area contributed by atoms with Crippen molar-refractivity contribution in [3.05, 3.63) is 51.9 Å². The van der Waals surface area contributed by atoms with Crippen LogP contribution >= 0.6 is 0 Å². The first-order valence-electron chi connectivity index (χ1n) is 13.5. The Balaban J connectivity index is 1.40. The number of hydrogen-bond donors (Lipinski definition) is 1. The third-order valence-corrected chi connectivity index (χ3v) is 8.72. The van der Waals surface area contributed by atoms with Crippen LogP contribution in [0.1, 0.15) is 110 Å². The third-order valence-electron chi connectivity index (χ3n) is 8.72. The molecule has 5 nitrogen and oxygen atoms in total. The number of aryl methyl sites for hydroxylation is 2. The highest BCUT2D eigenvalue weighted by Gasteiger charge is 2.48. The Morgan fingerprint density at radius 3 is 2.46 bits per heavy atom. The quantitative estimate of drug-likeness (QED) is 0.434. The smallest absolute Gasteiger partial charge is 0.306 e. The Bertz CT molecular complexity index is 1110. The molecule has 3 atom stereocenters. The van der Waals surface area contributed by atoms with Crippen LogP contribution in [0.2, 0.25) is 0 Å². The van der Waals surface area contributed by atoms with Gasteiger partial charge in [-0.25, -0.2) is 0 Å². The Labute approximate surface area is 208 Å². The Morgan fingerprint density at radius 1 is 1.09 bits per heavy atom. The first kappa shape index (κ1) is 24.3. The van der Waals surface area contributed by atoms with Crippen LogP contribution in [0.5, 0.6) is 0 Å². The summed E-state index contributed by atoms with van der Waals surface area (Å²) in [5.41, 5.74) is 5.47. The summed E-state index contributed by atoms with van der Waals surface area (Å²) in [6.45, 7) is 8.66. The minimum atomic E-state index is -0.802. The van der Waals surface area contributed by atoms with E-state index in [0.29, 0.717) is 37.0 Å². The van der Waals surface area contributed by atoms with Gasteiger partial charge < -0.3 is 9.63 Å². The molecule has 1 aromatic heterocycles. The number of carboxylic acids is 1. The summed E-state index contributed by atoms with van der Waals surface area (Å²) >= 11 is 0. The third kappa shape index (κ3) is 4.96. The topological polar surface area (TPSA) is 80.4 Å². The molecule has 1 N–H and O–H groups in total. The van der Waals surface area contributed by atoms with Crippen molar-refractivity contribution in [3.63, 3.8) is 0 Å². The van der Waals surface area contributed by atoms with Crippen LogP contribution in [0, 0.1) is 37.5 Å². The molecule has 0 bridgehead atoms. The molecule has 188 valence electrons. The van der Waals surface area contributed by atoms with E-state index < -0.39 is 11.9 Å². The highest BCUT2D eigenvalue weighted by Crippen LogP contribution is 2.55. The standard InChI is InChI=1S/C30H39NO4/c1-16(2)9-19-11-22(12-19)29-27(20-7-8-20)28(31-35-29)25-14-23(30(33)34)13-24(25)26(32)15-21-6-5-17(3)10-18(21)4/h5-6,10,16,19-20,22-25H,7-9,11-15H2,1-4H3,(H,33,34)/t19?,22?,23-,24+,25+/m1/s1. The van der Waals surface area contributed by atoms with Gasteiger partial charge in [0.25, 0.3) is 0 Å². The van der Waals surface area contributed by atoms with Crippen molar-refractivity contribution in [2.75, 3.05) is 0 Å². The van der Waals surface area contributed by atoms with Gasteiger partial charge in [-0.2, -0.15) is 0 Å². The number of Topliss-reactive ketones (excluding diaryl/α,β-unsaturated/α-hetero) is 1. The molecule has 3 aliphatic carbocycles. The van der Waals surface area contributed by atoms with Crippen LogP contribution in [0.4, 0.5) is 0 Å². The predicted molar refractivity (Wildman–Crippen MR) is 135 cm³/mol. The second-order valence-electron chi connectivity index (χ2n) is 12.1. The van der Waals surface area contributed by atoms with Crippen molar-refractivity contribution in [2.24, 2.45) is 23.7 Å². The summed E-state index contributed by atoms with van der Waals surface area (Å²) in [5.74, 6) is 1.77. The van der Waals surface area contributed by atoms with E-state index in [-0.39, 0.29) is 17.6 Å². The van der Waals surface area contributed by atoms with E-state index in [1.54, 1.807) is 0 Å². The van der Waals surface area contributed by atoms with E-state index in [1.807, 2.05) is 19.1 Å². The average molecular weight is 478 g/mol. The van der Waals surface area contributed by atoms with Crippen LogP contribution in [0.25, 0.3) is 0 Å². The van der Waals surface area contributed by atoms with Crippen molar-refractivity contribution in [1.29, 1.82) is 0 Å². The second-order valence-corrected chi connectivity index (χ2v) is 12.1. The van der Waals surface area contributed by atoms with Crippen LogP contribution in [-0.4, -0.2) is 22.0 Å². The van der Waals surface area contributed by atoms with E-state index >= 15 is 0 Å². The summed E-state index contributed by atoms with van der Waals surface area (Å²) < 4.78 is 6.03. The van der Waals surface area contributed by atoms with Gasteiger partial charge in [0.15, 0.2) is 0 Å². The molecule has 0 amide bonds. The summed E-state index contributed by atoms with van der Waals surface area (Å²) in [6, 6.07) is 6.19. The molecule has 3 fully saturated rings. The first-order valence-corrected chi connectivity index (χ1v) is 13.5. The maximum Gasteiger partial charge on any atom is 0.306 e.